The largest absolute Gasteiger partial charge is 0.352 e. The number of amides is 2. The molecule has 7 nitrogen and oxygen atoms in total. The molecule has 2 aromatic rings. The van der Waals surface area contributed by atoms with Crippen LogP contribution in [0.3, 0.4) is 0 Å². The highest BCUT2D eigenvalue weighted by Gasteiger charge is 2.17. The minimum absolute atomic E-state index is 0.203. The molecule has 2 N–H and O–H groups in total. The van der Waals surface area contributed by atoms with Crippen LogP contribution in [0.15, 0.2) is 46.0 Å². The van der Waals surface area contributed by atoms with E-state index in [9.17, 15) is 18.0 Å². The van der Waals surface area contributed by atoms with Gasteiger partial charge in [0.05, 0.1) is 0 Å². The Morgan fingerprint density at radius 2 is 1.90 bits per heavy atom. The van der Waals surface area contributed by atoms with Gasteiger partial charge in [-0.15, -0.1) is 11.3 Å². The Kier molecular flexibility index (Phi) is 7.27. The van der Waals surface area contributed by atoms with Crippen LogP contribution in [0, 0.1) is 0 Å². The smallest absolute Gasteiger partial charge is 0.271 e. The maximum absolute atomic E-state index is 12.3. The number of rotatable bonds is 8. The standard InChI is InChI=1S/C20H25N3O4S2/c24-18-6-2-1-3-13-23(18)14-5-12-21-20(25)16-8-10-17(11-9-16)22-29(26,27)19-7-4-15-28-19/h4,7-11,15,22H,1-3,5-6,12-14H2,(H,21,25). The first kappa shape index (κ1) is 21.3. The lowest BCUT2D eigenvalue weighted by molar-refractivity contribution is -0.130. The molecule has 0 atom stereocenters. The molecule has 1 aliphatic rings. The lowest BCUT2D eigenvalue weighted by atomic mass is 10.2. The molecular formula is C20H25N3O4S2. The second-order valence-electron chi connectivity index (χ2n) is 6.92. The zero-order chi connectivity index (χ0) is 20.7. The van der Waals surface area contributed by atoms with Gasteiger partial charge in [0, 0.05) is 37.3 Å². The van der Waals surface area contributed by atoms with Crippen molar-refractivity contribution in [3.05, 3.63) is 47.3 Å². The minimum atomic E-state index is -3.60. The normalized spacial score (nSPS) is 15.0. The molecule has 0 radical (unpaired) electrons. The van der Waals surface area contributed by atoms with Gasteiger partial charge < -0.3 is 10.2 Å². The number of hydrogen-bond acceptors (Lipinski definition) is 5. The van der Waals surface area contributed by atoms with Crippen LogP contribution >= 0.6 is 11.3 Å². The van der Waals surface area contributed by atoms with Crippen molar-refractivity contribution in [1.82, 2.24) is 10.2 Å². The number of nitrogens with one attached hydrogen (secondary N) is 2. The molecule has 2 heterocycles. The summed E-state index contributed by atoms with van der Waals surface area (Å²) in [5, 5.41) is 4.54. The van der Waals surface area contributed by atoms with E-state index in [1.54, 1.807) is 35.7 Å². The van der Waals surface area contributed by atoms with Gasteiger partial charge in [0.1, 0.15) is 4.21 Å². The topological polar surface area (TPSA) is 95.6 Å². The second kappa shape index (κ2) is 9.89. The Hall–Kier alpha value is -2.39. The summed E-state index contributed by atoms with van der Waals surface area (Å²) in [6.07, 6.45) is 4.43. The third-order valence-corrected chi connectivity index (χ3v) is 7.50. The highest BCUT2D eigenvalue weighted by atomic mass is 32.2. The monoisotopic (exact) mass is 435 g/mol. The maximum Gasteiger partial charge on any atom is 0.271 e. The van der Waals surface area contributed by atoms with Crippen molar-refractivity contribution >= 4 is 38.9 Å². The number of nitrogens with zero attached hydrogens (tertiary/aromatic N) is 1. The van der Waals surface area contributed by atoms with Crippen LogP contribution in [-0.2, 0) is 14.8 Å². The van der Waals surface area contributed by atoms with Crippen LogP contribution in [-0.4, -0.2) is 44.8 Å². The Balaban J connectivity index is 1.46. The zero-order valence-corrected chi connectivity index (χ0v) is 17.7. The van der Waals surface area contributed by atoms with Crippen LogP contribution < -0.4 is 10.0 Å². The van der Waals surface area contributed by atoms with E-state index in [-0.39, 0.29) is 16.0 Å². The van der Waals surface area contributed by atoms with Crippen LogP contribution in [0.5, 0.6) is 0 Å². The first-order valence-electron chi connectivity index (χ1n) is 9.68. The Morgan fingerprint density at radius 3 is 2.62 bits per heavy atom. The van der Waals surface area contributed by atoms with Gasteiger partial charge in [0.15, 0.2) is 0 Å². The number of likely N-dealkylation sites (tertiary alicyclic amines) is 1. The van der Waals surface area contributed by atoms with E-state index in [2.05, 4.69) is 10.0 Å². The fourth-order valence-electron chi connectivity index (χ4n) is 3.16. The van der Waals surface area contributed by atoms with E-state index < -0.39 is 10.0 Å². The van der Waals surface area contributed by atoms with Gasteiger partial charge in [0.2, 0.25) is 5.91 Å². The number of carbonyl (C=O) groups excluding carboxylic acids is 2. The summed E-state index contributed by atoms with van der Waals surface area (Å²) in [7, 11) is -3.60. The van der Waals surface area contributed by atoms with E-state index >= 15 is 0 Å². The van der Waals surface area contributed by atoms with E-state index in [0.717, 1.165) is 37.1 Å². The number of sulfonamides is 1. The number of benzene rings is 1. The van der Waals surface area contributed by atoms with Crippen molar-refractivity contribution in [2.75, 3.05) is 24.4 Å². The van der Waals surface area contributed by atoms with Crippen molar-refractivity contribution < 1.29 is 18.0 Å². The van der Waals surface area contributed by atoms with Gasteiger partial charge in [-0.25, -0.2) is 8.42 Å². The van der Waals surface area contributed by atoms with Crippen LogP contribution in [0.2, 0.25) is 0 Å². The third-order valence-electron chi connectivity index (χ3n) is 4.72. The molecule has 9 heteroatoms. The molecule has 0 bridgehead atoms. The van der Waals surface area contributed by atoms with Crippen LogP contribution in [0.25, 0.3) is 0 Å². The number of anilines is 1. The molecule has 0 aliphatic carbocycles. The highest BCUT2D eigenvalue weighted by molar-refractivity contribution is 7.94. The van der Waals surface area contributed by atoms with Gasteiger partial charge in [-0.05, 0) is 55.0 Å². The van der Waals surface area contributed by atoms with Gasteiger partial charge in [-0.1, -0.05) is 12.5 Å². The lowest BCUT2D eigenvalue weighted by Crippen LogP contribution is -2.34. The molecule has 0 spiro atoms. The first-order chi connectivity index (χ1) is 14.0. The molecule has 1 aliphatic heterocycles. The molecule has 1 aromatic carbocycles. The van der Waals surface area contributed by atoms with Crippen molar-refractivity contribution in [3.63, 3.8) is 0 Å². The first-order valence-corrected chi connectivity index (χ1v) is 12.0. The van der Waals surface area contributed by atoms with E-state index in [1.807, 2.05) is 4.90 Å². The highest BCUT2D eigenvalue weighted by Crippen LogP contribution is 2.20. The fourth-order valence-corrected chi connectivity index (χ4v) is 5.21. The van der Waals surface area contributed by atoms with Crippen LogP contribution in [0.1, 0.15) is 42.5 Å². The lowest BCUT2D eigenvalue weighted by Gasteiger charge is -2.20. The molecule has 3 rings (SSSR count). The number of carbonyl (C=O) groups is 2. The Labute approximate surface area is 175 Å². The van der Waals surface area contributed by atoms with Gasteiger partial charge in [0.25, 0.3) is 15.9 Å². The third kappa shape index (κ3) is 6.04. The average molecular weight is 436 g/mol. The van der Waals surface area contributed by atoms with E-state index in [0.29, 0.717) is 37.2 Å². The minimum Gasteiger partial charge on any atom is -0.352 e. The maximum atomic E-state index is 12.3. The summed E-state index contributed by atoms with van der Waals surface area (Å²) in [6.45, 7) is 1.94. The molecule has 1 fully saturated rings. The molecule has 0 saturated carbocycles. The average Bonchev–Trinajstić information content (AvgIpc) is 3.18. The molecule has 156 valence electrons. The summed E-state index contributed by atoms with van der Waals surface area (Å²) in [6, 6.07) is 9.51. The molecule has 0 unspecified atom stereocenters. The predicted octanol–water partition coefficient (Wildman–Crippen LogP) is 3.07. The van der Waals surface area contributed by atoms with Gasteiger partial charge in [-0.3, -0.25) is 14.3 Å². The summed E-state index contributed by atoms with van der Waals surface area (Å²) in [5.41, 5.74) is 0.851. The Bertz CT molecular complexity index is 925. The van der Waals surface area contributed by atoms with Crippen molar-refractivity contribution in [2.24, 2.45) is 0 Å². The molecule has 1 aromatic heterocycles. The Morgan fingerprint density at radius 1 is 1.10 bits per heavy atom. The van der Waals surface area contributed by atoms with Crippen molar-refractivity contribution in [3.8, 4) is 0 Å². The molecule has 1 saturated heterocycles. The van der Waals surface area contributed by atoms with Gasteiger partial charge >= 0.3 is 0 Å². The predicted molar refractivity (Wildman–Crippen MR) is 114 cm³/mol. The summed E-state index contributed by atoms with van der Waals surface area (Å²) < 4.78 is 27.2. The van der Waals surface area contributed by atoms with E-state index in [1.165, 1.54) is 6.07 Å². The van der Waals surface area contributed by atoms with Crippen molar-refractivity contribution in [1.29, 1.82) is 0 Å². The zero-order valence-electron chi connectivity index (χ0n) is 16.1. The van der Waals surface area contributed by atoms with Crippen LogP contribution in [0.4, 0.5) is 5.69 Å². The number of thiophene rings is 1. The number of hydrogen-bond donors (Lipinski definition) is 2. The summed E-state index contributed by atoms with van der Waals surface area (Å²) in [5.74, 6) is -0.0192. The van der Waals surface area contributed by atoms with Crippen molar-refractivity contribution in [2.45, 2.75) is 36.3 Å². The summed E-state index contributed by atoms with van der Waals surface area (Å²) in [4.78, 5) is 26.1. The summed E-state index contributed by atoms with van der Waals surface area (Å²) >= 11 is 1.14. The molecule has 2 amide bonds. The SMILES string of the molecule is O=C(NCCCN1CCCCCC1=O)c1ccc(NS(=O)(=O)c2cccs2)cc1. The molecular weight excluding hydrogens is 410 g/mol. The quantitative estimate of drug-likeness (QED) is 0.623. The second-order valence-corrected chi connectivity index (χ2v) is 9.77. The van der Waals surface area contributed by atoms with E-state index in [4.69, 9.17) is 0 Å². The fraction of sp³-hybridized carbons (Fsp3) is 0.400. The molecule has 29 heavy (non-hydrogen) atoms. The van der Waals surface area contributed by atoms with Gasteiger partial charge in [-0.2, -0.15) is 0 Å².